The van der Waals surface area contributed by atoms with E-state index in [-0.39, 0.29) is 5.91 Å². The number of amides is 1. The largest absolute Gasteiger partial charge is 0.492 e. The average molecular weight is 298 g/mol. The predicted molar refractivity (Wildman–Crippen MR) is 87.7 cm³/mol. The third kappa shape index (κ3) is 4.33. The highest BCUT2D eigenvalue weighted by Gasteiger charge is 2.19. The summed E-state index contributed by atoms with van der Waals surface area (Å²) in [5, 5.41) is 0. The van der Waals surface area contributed by atoms with Crippen LogP contribution in [0.4, 0.5) is 0 Å². The molecule has 2 aromatic carbocycles. The zero-order valence-corrected chi connectivity index (χ0v) is 13.0. The van der Waals surface area contributed by atoms with Crippen LogP contribution in [0.2, 0.25) is 0 Å². The molecule has 116 valence electrons. The molecule has 0 radical (unpaired) electrons. The van der Waals surface area contributed by atoms with Crippen LogP contribution in [-0.4, -0.2) is 31.0 Å². The van der Waals surface area contributed by atoms with Gasteiger partial charge in [0.05, 0.1) is 6.54 Å². The Hall–Kier alpha value is -2.33. The molecule has 2 N–H and O–H groups in total. The molecule has 0 aliphatic carbocycles. The van der Waals surface area contributed by atoms with Crippen LogP contribution in [0.15, 0.2) is 54.6 Å². The van der Waals surface area contributed by atoms with E-state index in [1.54, 1.807) is 11.9 Å². The molecule has 2 rings (SSSR count). The van der Waals surface area contributed by atoms with Gasteiger partial charge in [-0.25, -0.2) is 0 Å². The van der Waals surface area contributed by atoms with Gasteiger partial charge in [0, 0.05) is 7.05 Å². The number of rotatable bonds is 6. The highest BCUT2D eigenvalue weighted by Crippen LogP contribution is 2.14. The first-order chi connectivity index (χ1) is 10.6. The van der Waals surface area contributed by atoms with E-state index in [0.29, 0.717) is 13.2 Å². The van der Waals surface area contributed by atoms with Crippen molar-refractivity contribution in [2.75, 3.05) is 20.2 Å². The van der Waals surface area contributed by atoms with E-state index >= 15 is 0 Å². The minimum absolute atomic E-state index is 0.112. The fourth-order valence-electron chi connectivity index (χ4n) is 2.16. The summed E-state index contributed by atoms with van der Waals surface area (Å²) in [5.74, 6) is 0.701. The second-order valence-electron chi connectivity index (χ2n) is 5.31. The van der Waals surface area contributed by atoms with Crippen molar-refractivity contribution in [2.45, 2.75) is 13.0 Å². The number of hydrogen-bond acceptors (Lipinski definition) is 3. The van der Waals surface area contributed by atoms with E-state index in [1.807, 2.05) is 61.5 Å². The standard InChI is InChI=1S/C18H22N2O2/c1-14-7-6-10-16(13-14)22-12-11-20(2)18(21)17(19)15-8-4-3-5-9-15/h3-10,13,17H,11-12,19H2,1-2H3. The van der Waals surface area contributed by atoms with Gasteiger partial charge < -0.3 is 15.4 Å². The maximum Gasteiger partial charge on any atom is 0.243 e. The number of nitrogens with zero attached hydrogens (tertiary/aromatic N) is 1. The predicted octanol–water partition coefficient (Wildman–Crippen LogP) is 2.53. The van der Waals surface area contributed by atoms with E-state index in [2.05, 4.69) is 0 Å². The molecule has 0 saturated carbocycles. The van der Waals surface area contributed by atoms with E-state index in [0.717, 1.165) is 16.9 Å². The number of carbonyl (C=O) groups excluding carboxylic acids is 1. The molecule has 4 nitrogen and oxygen atoms in total. The monoisotopic (exact) mass is 298 g/mol. The molecule has 0 heterocycles. The molecule has 1 amide bonds. The summed E-state index contributed by atoms with van der Waals surface area (Å²) in [6.07, 6.45) is 0. The third-order valence-electron chi connectivity index (χ3n) is 3.49. The Morgan fingerprint density at radius 3 is 2.59 bits per heavy atom. The van der Waals surface area contributed by atoms with Crippen molar-refractivity contribution in [2.24, 2.45) is 5.73 Å². The van der Waals surface area contributed by atoms with Gasteiger partial charge in [-0.1, -0.05) is 42.5 Å². The van der Waals surface area contributed by atoms with Crippen molar-refractivity contribution < 1.29 is 9.53 Å². The Morgan fingerprint density at radius 1 is 1.18 bits per heavy atom. The van der Waals surface area contributed by atoms with Crippen molar-refractivity contribution in [3.8, 4) is 5.75 Å². The normalized spacial score (nSPS) is 11.8. The molecule has 0 fully saturated rings. The van der Waals surface area contributed by atoms with Gasteiger partial charge >= 0.3 is 0 Å². The summed E-state index contributed by atoms with van der Waals surface area (Å²) in [6, 6.07) is 16.6. The Bertz CT molecular complexity index is 613. The zero-order chi connectivity index (χ0) is 15.9. The summed E-state index contributed by atoms with van der Waals surface area (Å²) < 4.78 is 5.66. The molecule has 0 spiro atoms. The highest BCUT2D eigenvalue weighted by molar-refractivity contribution is 5.82. The van der Waals surface area contributed by atoms with Crippen molar-refractivity contribution in [3.05, 3.63) is 65.7 Å². The van der Waals surface area contributed by atoms with Crippen LogP contribution in [0.3, 0.4) is 0 Å². The van der Waals surface area contributed by atoms with Gasteiger partial charge in [0.15, 0.2) is 0 Å². The Kier molecular flexibility index (Phi) is 5.55. The number of ether oxygens (including phenoxy) is 1. The quantitative estimate of drug-likeness (QED) is 0.891. The Labute approximate surface area is 131 Å². The van der Waals surface area contributed by atoms with E-state index in [4.69, 9.17) is 10.5 Å². The van der Waals surface area contributed by atoms with Crippen molar-refractivity contribution in [1.29, 1.82) is 0 Å². The number of nitrogens with two attached hydrogens (primary N) is 1. The summed E-state index contributed by atoms with van der Waals surface area (Å²) >= 11 is 0. The lowest BCUT2D eigenvalue weighted by Gasteiger charge is -2.21. The zero-order valence-electron chi connectivity index (χ0n) is 13.0. The maximum atomic E-state index is 12.3. The number of benzene rings is 2. The SMILES string of the molecule is Cc1cccc(OCCN(C)C(=O)C(N)c2ccccc2)c1. The first-order valence-corrected chi connectivity index (χ1v) is 7.33. The molecule has 0 bridgehead atoms. The van der Waals surface area contributed by atoms with E-state index in [1.165, 1.54) is 0 Å². The molecule has 4 heteroatoms. The van der Waals surface area contributed by atoms with Gasteiger partial charge in [-0.05, 0) is 30.2 Å². The van der Waals surface area contributed by atoms with Crippen LogP contribution in [0, 0.1) is 6.92 Å². The second-order valence-corrected chi connectivity index (χ2v) is 5.31. The average Bonchev–Trinajstić information content (AvgIpc) is 2.54. The summed E-state index contributed by atoms with van der Waals surface area (Å²) in [7, 11) is 1.74. The topological polar surface area (TPSA) is 55.6 Å². The van der Waals surface area contributed by atoms with Gasteiger partial charge in [-0.15, -0.1) is 0 Å². The third-order valence-corrected chi connectivity index (χ3v) is 3.49. The van der Waals surface area contributed by atoms with Gasteiger partial charge in [0.2, 0.25) is 5.91 Å². The van der Waals surface area contributed by atoms with Crippen LogP contribution in [0.5, 0.6) is 5.75 Å². The first-order valence-electron chi connectivity index (χ1n) is 7.33. The van der Waals surface area contributed by atoms with Crippen LogP contribution in [0.25, 0.3) is 0 Å². The number of hydrogen-bond donors (Lipinski definition) is 1. The summed E-state index contributed by atoms with van der Waals surface area (Å²) in [4.78, 5) is 13.9. The summed E-state index contributed by atoms with van der Waals surface area (Å²) in [5.41, 5.74) is 7.97. The van der Waals surface area contributed by atoms with E-state index in [9.17, 15) is 4.79 Å². The van der Waals surface area contributed by atoms with Gasteiger partial charge in [0.25, 0.3) is 0 Å². The molecule has 1 unspecified atom stereocenters. The van der Waals surface area contributed by atoms with Crippen LogP contribution >= 0.6 is 0 Å². The molecule has 1 atom stereocenters. The number of aryl methyl sites for hydroxylation is 1. The molecular formula is C18H22N2O2. The van der Waals surface area contributed by atoms with Crippen LogP contribution in [-0.2, 0) is 4.79 Å². The smallest absolute Gasteiger partial charge is 0.243 e. The first kappa shape index (κ1) is 16.0. The Balaban J connectivity index is 1.84. The molecule has 0 saturated heterocycles. The lowest BCUT2D eigenvalue weighted by molar-refractivity contribution is -0.131. The Morgan fingerprint density at radius 2 is 1.91 bits per heavy atom. The van der Waals surface area contributed by atoms with Gasteiger partial charge in [-0.3, -0.25) is 4.79 Å². The molecule has 22 heavy (non-hydrogen) atoms. The number of carbonyl (C=O) groups is 1. The van der Waals surface area contributed by atoms with E-state index < -0.39 is 6.04 Å². The molecule has 0 aromatic heterocycles. The lowest BCUT2D eigenvalue weighted by atomic mass is 10.1. The summed E-state index contributed by atoms with van der Waals surface area (Å²) in [6.45, 7) is 2.95. The number of likely N-dealkylation sites (N-methyl/N-ethyl adjacent to an activating group) is 1. The lowest BCUT2D eigenvalue weighted by Crippen LogP contribution is -2.38. The van der Waals surface area contributed by atoms with Crippen molar-refractivity contribution in [3.63, 3.8) is 0 Å². The van der Waals surface area contributed by atoms with Crippen molar-refractivity contribution in [1.82, 2.24) is 4.90 Å². The fraction of sp³-hybridized carbons (Fsp3) is 0.278. The molecule has 2 aromatic rings. The van der Waals surface area contributed by atoms with Crippen LogP contribution in [0.1, 0.15) is 17.2 Å². The highest BCUT2D eigenvalue weighted by atomic mass is 16.5. The van der Waals surface area contributed by atoms with Gasteiger partial charge in [0.1, 0.15) is 18.4 Å². The minimum Gasteiger partial charge on any atom is -0.492 e. The molecule has 0 aliphatic rings. The second kappa shape index (κ2) is 7.61. The fourth-order valence-corrected chi connectivity index (χ4v) is 2.16. The van der Waals surface area contributed by atoms with Crippen molar-refractivity contribution >= 4 is 5.91 Å². The van der Waals surface area contributed by atoms with Crippen LogP contribution < -0.4 is 10.5 Å². The molecular weight excluding hydrogens is 276 g/mol. The minimum atomic E-state index is -0.634. The maximum absolute atomic E-state index is 12.3. The van der Waals surface area contributed by atoms with Gasteiger partial charge in [-0.2, -0.15) is 0 Å². The molecule has 0 aliphatic heterocycles.